The summed E-state index contributed by atoms with van der Waals surface area (Å²) in [5, 5.41) is 8.26. The number of carbonyl (C=O) groups excluding carboxylic acids is 1. The van der Waals surface area contributed by atoms with Crippen LogP contribution in [0.2, 0.25) is 0 Å². The van der Waals surface area contributed by atoms with Crippen LogP contribution in [0.5, 0.6) is 0 Å². The van der Waals surface area contributed by atoms with Crippen LogP contribution in [0.15, 0.2) is 42.5 Å². The molecule has 0 bridgehead atoms. The van der Waals surface area contributed by atoms with Crippen LogP contribution in [-0.4, -0.2) is 34.1 Å². The van der Waals surface area contributed by atoms with Gasteiger partial charge < -0.3 is 4.90 Å². The van der Waals surface area contributed by atoms with Crippen molar-refractivity contribution in [1.82, 2.24) is 15.1 Å². The van der Waals surface area contributed by atoms with E-state index in [2.05, 4.69) is 41.4 Å². The molecule has 1 saturated heterocycles. The molecule has 1 fully saturated rings. The van der Waals surface area contributed by atoms with E-state index in [9.17, 15) is 4.79 Å². The molecule has 0 unspecified atom stereocenters. The molecule has 3 aromatic rings. The van der Waals surface area contributed by atoms with Crippen LogP contribution in [0.25, 0.3) is 10.9 Å². The zero-order valence-corrected chi connectivity index (χ0v) is 16.2. The highest BCUT2D eigenvalue weighted by molar-refractivity contribution is 6.04. The van der Waals surface area contributed by atoms with Crippen LogP contribution < -0.4 is 0 Å². The fourth-order valence-corrected chi connectivity index (χ4v) is 4.18. The molecule has 1 aliphatic heterocycles. The van der Waals surface area contributed by atoms with Gasteiger partial charge in [-0.05, 0) is 68.7 Å². The minimum Gasteiger partial charge on any atom is -0.337 e. The summed E-state index contributed by atoms with van der Waals surface area (Å²) in [4.78, 5) is 15.1. The first-order chi connectivity index (χ1) is 13.1. The lowest BCUT2D eigenvalue weighted by Crippen LogP contribution is -2.40. The van der Waals surface area contributed by atoms with E-state index in [-0.39, 0.29) is 5.91 Å². The van der Waals surface area contributed by atoms with Gasteiger partial charge in [0.15, 0.2) is 5.69 Å². The third-order valence-corrected chi connectivity index (χ3v) is 5.81. The standard InChI is InChI=1S/C23H27N3O/c1-16-9-12-21-20(14-16)22(25-24-21)23(27)26-13-5-7-18(15-26)10-11-19-8-4-3-6-17(19)2/h3-4,6,8-9,12,14,18H,5,7,10-11,13,15H2,1-2H3,(H,24,25)/t18-/m0/s1. The number of aryl methyl sites for hydroxylation is 3. The Hall–Kier alpha value is -2.62. The lowest BCUT2D eigenvalue weighted by atomic mass is 9.90. The molecular formula is C23H27N3O. The van der Waals surface area contributed by atoms with Crippen molar-refractivity contribution in [2.75, 3.05) is 13.1 Å². The Kier molecular flexibility index (Phi) is 4.97. The molecule has 4 heteroatoms. The predicted molar refractivity (Wildman–Crippen MR) is 109 cm³/mol. The highest BCUT2D eigenvalue weighted by atomic mass is 16.2. The van der Waals surface area contributed by atoms with Crippen molar-refractivity contribution >= 4 is 16.8 Å². The molecule has 1 aromatic heterocycles. The Bertz CT molecular complexity index is 959. The van der Waals surface area contributed by atoms with E-state index in [1.807, 2.05) is 30.0 Å². The van der Waals surface area contributed by atoms with Gasteiger partial charge in [0.1, 0.15) is 0 Å². The molecule has 1 N–H and O–H groups in total. The second-order valence-corrected chi connectivity index (χ2v) is 7.85. The van der Waals surface area contributed by atoms with Crippen LogP contribution in [0.3, 0.4) is 0 Å². The van der Waals surface area contributed by atoms with E-state index in [0.717, 1.165) is 48.8 Å². The van der Waals surface area contributed by atoms with E-state index in [1.165, 1.54) is 17.5 Å². The first-order valence-corrected chi connectivity index (χ1v) is 9.90. The minimum absolute atomic E-state index is 0.0624. The van der Waals surface area contributed by atoms with Gasteiger partial charge in [-0.2, -0.15) is 5.10 Å². The molecule has 1 aliphatic rings. The van der Waals surface area contributed by atoms with Crippen molar-refractivity contribution in [3.05, 3.63) is 64.8 Å². The van der Waals surface area contributed by atoms with Crippen molar-refractivity contribution in [3.63, 3.8) is 0 Å². The van der Waals surface area contributed by atoms with E-state index in [0.29, 0.717) is 11.6 Å². The number of benzene rings is 2. The van der Waals surface area contributed by atoms with Gasteiger partial charge in [0.05, 0.1) is 5.52 Å². The van der Waals surface area contributed by atoms with E-state index in [1.54, 1.807) is 0 Å². The highest BCUT2D eigenvalue weighted by Crippen LogP contribution is 2.25. The molecule has 27 heavy (non-hydrogen) atoms. The SMILES string of the molecule is Cc1ccc2[nH]nc(C(=O)N3CCC[C@@H](CCc4ccccc4C)C3)c2c1. The summed E-state index contributed by atoms with van der Waals surface area (Å²) in [6.45, 7) is 5.89. The number of aromatic nitrogens is 2. The average molecular weight is 361 g/mol. The van der Waals surface area contributed by atoms with Gasteiger partial charge in [-0.3, -0.25) is 9.89 Å². The van der Waals surface area contributed by atoms with Gasteiger partial charge in [0, 0.05) is 18.5 Å². The maximum atomic E-state index is 13.1. The summed E-state index contributed by atoms with van der Waals surface area (Å²) in [6, 6.07) is 14.7. The number of H-pyrrole nitrogens is 1. The van der Waals surface area contributed by atoms with Crippen molar-refractivity contribution in [1.29, 1.82) is 0 Å². The number of fused-ring (bicyclic) bond motifs is 1. The molecule has 0 radical (unpaired) electrons. The van der Waals surface area contributed by atoms with Crippen LogP contribution in [0.4, 0.5) is 0 Å². The van der Waals surface area contributed by atoms with Gasteiger partial charge >= 0.3 is 0 Å². The maximum Gasteiger partial charge on any atom is 0.275 e. The summed E-state index contributed by atoms with van der Waals surface area (Å²) < 4.78 is 0. The summed E-state index contributed by atoms with van der Waals surface area (Å²) in [5.74, 6) is 0.627. The molecule has 1 amide bonds. The van der Waals surface area contributed by atoms with Crippen LogP contribution in [0, 0.1) is 19.8 Å². The van der Waals surface area contributed by atoms with Gasteiger partial charge in [-0.15, -0.1) is 0 Å². The molecule has 0 aliphatic carbocycles. The van der Waals surface area contributed by atoms with Gasteiger partial charge in [0.2, 0.25) is 0 Å². The topological polar surface area (TPSA) is 49.0 Å². The normalized spacial score (nSPS) is 17.4. The third kappa shape index (κ3) is 3.75. The largest absolute Gasteiger partial charge is 0.337 e. The number of carbonyl (C=O) groups is 1. The Balaban J connectivity index is 1.45. The number of nitrogens with one attached hydrogen (secondary N) is 1. The molecule has 4 rings (SSSR count). The molecular weight excluding hydrogens is 334 g/mol. The molecule has 1 atom stereocenters. The number of amides is 1. The van der Waals surface area contributed by atoms with E-state index in [4.69, 9.17) is 0 Å². The Labute approximate surface area is 160 Å². The van der Waals surface area contributed by atoms with E-state index >= 15 is 0 Å². The predicted octanol–water partition coefficient (Wildman–Crippen LogP) is 4.66. The number of hydrogen-bond donors (Lipinski definition) is 1. The van der Waals surface area contributed by atoms with Crippen LogP contribution in [0.1, 0.15) is 46.4 Å². The van der Waals surface area contributed by atoms with E-state index < -0.39 is 0 Å². The Morgan fingerprint density at radius 3 is 2.93 bits per heavy atom. The van der Waals surface area contributed by atoms with Crippen LogP contribution in [-0.2, 0) is 6.42 Å². The fourth-order valence-electron chi connectivity index (χ4n) is 4.18. The summed E-state index contributed by atoms with van der Waals surface area (Å²) in [5.41, 5.74) is 5.42. The molecule has 0 saturated carbocycles. The molecule has 2 heterocycles. The number of hydrogen-bond acceptors (Lipinski definition) is 2. The van der Waals surface area contributed by atoms with Gasteiger partial charge in [0.25, 0.3) is 5.91 Å². The summed E-state index contributed by atoms with van der Waals surface area (Å²) in [6.07, 6.45) is 4.50. The maximum absolute atomic E-state index is 13.1. The highest BCUT2D eigenvalue weighted by Gasteiger charge is 2.27. The van der Waals surface area contributed by atoms with Crippen LogP contribution >= 0.6 is 0 Å². The number of rotatable bonds is 4. The van der Waals surface area contributed by atoms with Crippen molar-refractivity contribution in [3.8, 4) is 0 Å². The zero-order valence-electron chi connectivity index (χ0n) is 16.2. The lowest BCUT2D eigenvalue weighted by Gasteiger charge is -2.32. The second-order valence-electron chi connectivity index (χ2n) is 7.85. The Morgan fingerprint density at radius 2 is 2.07 bits per heavy atom. The Morgan fingerprint density at radius 1 is 1.22 bits per heavy atom. The van der Waals surface area contributed by atoms with Crippen molar-refractivity contribution in [2.45, 2.75) is 39.5 Å². The second kappa shape index (κ2) is 7.55. The first kappa shape index (κ1) is 17.8. The fraction of sp³-hybridized carbons (Fsp3) is 0.391. The molecule has 0 spiro atoms. The molecule has 2 aromatic carbocycles. The van der Waals surface area contributed by atoms with Gasteiger partial charge in [-0.25, -0.2) is 0 Å². The third-order valence-electron chi connectivity index (χ3n) is 5.81. The molecule has 140 valence electrons. The lowest BCUT2D eigenvalue weighted by molar-refractivity contribution is 0.0664. The zero-order chi connectivity index (χ0) is 18.8. The summed E-state index contributed by atoms with van der Waals surface area (Å²) >= 11 is 0. The molecule has 4 nitrogen and oxygen atoms in total. The van der Waals surface area contributed by atoms with Crippen molar-refractivity contribution < 1.29 is 4.79 Å². The number of nitrogens with zero attached hydrogens (tertiary/aromatic N) is 2. The van der Waals surface area contributed by atoms with Crippen molar-refractivity contribution in [2.24, 2.45) is 5.92 Å². The smallest absolute Gasteiger partial charge is 0.275 e. The number of likely N-dealkylation sites (tertiary alicyclic amines) is 1. The average Bonchev–Trinajstić information content (AvgIpc) is 3.10. The summed E-state index contributed by atoms with van der Waals surface area (Å²) in [7, 11) is 0. The number of piperidine rings is 1. The monoisotopic (exact) mass is 361 g/mol. The quantitative estimate of drug-likeness (QED) is 0.734. The van der Waals surface area contributed by atoms with Gasteiger partial charge in [-0.1, -0.05) is 35.9 Å². The first-order valence-electron chi connectivity index (χ1n) is 9.90. The minimum atomic E-state index is 0.0624. The number of aromatic amines is 1.